The Morgan fingerprint density at radius 2 is 1.76 bits per heavy atom. The van der Waals surface area contributed by atoms with Crippen molar-refractivity contribution in [2.24, 2.45) is 7.05 Å². The Labute approximate surface area is 105 Å². The highest BCUT2D eigenvalue weighted by atomic mass is 28.4. The van der Waals surface area contributed by atoms with Crippen LogP contribution in [0.5, 0.6) is 0 Å². The number of hydrogen-bond donors (Lipinski definition) is 0. The Morgan fingerprint density at radius 3 is 2.18 bits per heavy atom. The van der Waals surface area contributed by atoms with Crippen LogP contribution in [0, 0.1) is 7.43 Å². The van der Waals surface area contributed by atoms with Crippen molar-refractivity contribution >= 4 is 8.80 Å². The number of imidazole rings is 1. The van der Waals surface area contributed by atoms with Crippen LogP contribution in [0.15, 0.2) is 18.7 Å². The first kappa shape index (κ1) is 16.3. The monoisotopic (exact) mass is 260 g/mol. The Hall–Kier alpha value is -0.693. The Kier molecular flexibility index (Phi) is 7.29. The SMILES string of the molecule is CO[Si](CCCn1cc[n+](C)c1)(OC)OC.[CH3-]. The molecule has 1 heterocycles. The summed E-state index contributed by atoms with van der Waals surface area (Å²) in [7, 11) is 4.57. The lowest BCUT2D eigenvalue weighted by Crippen LogP contribution is -2.42. The molecule has 0 atom stereocenters. The van der Waals surface area contributed by atoms with Crippen LogP contribution in [0.3, 0.4) is 0 Å². The van der Waals surface area contributed by atoms with Crippen LogP contribution in [0.4, 0.5) is 0 Å². The predicted octanol–water partition coefficient (Wildman–Crippen LogP) is 1.03. The van der Waals surface area contributed by atoms with E-state index in [9.17, 15) is 0 Å². The van der Waals surface area contributed by atoms with E-state index >= 15 is 0 Å². The summed E-state index contributed by atoms with van der Waals surface area (Å²) in [6.07, 6.45) is 7.11. The molecule has 0 aliphatic heterocycles. The number of hydrogen-bond acceptors (Lipinski definition) is 3. The van der Waals surface area contributed by atoms with E-state index in [1.165, 1.54) is 0 Å². The Morgan fingerprint density at radius 1 is 1.18 bits per heavy atom. The fourth-order valence-electron chi connectivity index (χ4n) is 1.67. The highest BCUT2D eigenvalue weighted by Crippen LogP contribution is 2.15. The van der Waals surface area contributed by atoms with Crippen LogP contribution in [-0.2, 0) is 26.9 Å². The average molecular weight is 260 g/mol. The van der Waals surface area contributed by atoms with E-state index in [1.807, 2.05) is 17.8 Å². The molecule has 1 rings (SSSR count). The molecule has 0 unspecified atom stereocenters. The van der Waals surface area contributed by atoms with Gasteiger partial charge in [0.25, 0.3) is 0 Å². The molecular formula is C11H24N2O3Si. The van der Waals surface area contributed by atoms with Gasteiger partial charge in [-0.25, -0.2) is 9.13 Å². The fourth-order valence-corrected chi connectivity index (χ4v) is 3.37. The van der Waals surface area contributed by atoms with Crippen molar-refractivity contribution in [3.63, 3.8) is 0 Å². The highest BCUT2D eigenvalue weighted by Gasteiger charge is 2.37. The fraction of sp³-hybridized carbons (Fsp3) is 0.636. The van der Waals surface area contributed by atoms with Crippen LogP contribution >= 0.6 is 0 Å². The van der Waals surface area contributed by atoms with E-state index in [0.29, 0.717) is 0 Å². The van der Waals surface area contributed by atoms with Crippen molar-refractivity contribution in [2.75, 3.05) is 21.3 Å². The maximum atomic E-state index is 5.36. The van der Waals surface area contributed by atoms with Crippen molar-refractivity contribution in [2.45, 2.75) is 19.0 Å². The molecule has 0 N–H and O–H groups in total. The Balaban J connectivity index is 0.00000256. The molecule has 0 radical (unpaired) electrons. The van der Waals surface area contributed by atoms with E-state index in [1.54, 1.807) is 21.3 Å². The van der Waals surface area contributed by atoms with Gasteiger partial charge in [-0.05, 0) is 6.42 Å². The van der Waals surface area contributed by atoms with E-state index in [-0.39, 0.29) is 7.43 Å². The minimum Gasteiger partial charge on any atom is -0.377 e. The first-order chi connectivity index (χ1) is 7.65. The van der Waals surface area contributed by atoms with Crippen molar-refractivity contribution in [3.8, 4) is 0 Å². The minimum atomic E-state index is -2.38. The lowest BCUT2D eigenvalue weighted by molar-refractivity contribution is -0.671. The molecule has 0 saturated carbocycles. The molecule has 100 valence electrons. The van der Waals surface area contributed by atoms with Crippen molar-refractivity contribution < 1.29 is 17.8 Å². The number of rotatable bonds is 7. The molecule has 6 heteroatoms. The van der Waals surface area contributed by atoms with E-state index in [4.69, 9.17) is 13.3 Å². The summed E-state index contributed by atoms with van der Waals surface area (Å²) in [4.78, 5) is 0. The van der Waals surface area contributed by atoms with Gasteiger partial charge in [0.05, 0.1) is 13.6 Å². The van der Waals surface area contributed by atoms with Crippen molar-refractivity contribution in [1.82, 2.24) is 4.57 Å². The molecule has 0 saturated heterocycles. The molecule has 0 aromatic carbocycles. The topological polar surface area (TPSA) is 36.5 Å². The second-order valence-electron chi connectivity index (χ2n) is 3.72. The second-order valence-corrected chi connectivity index (χ2v) is 6.81. The summed E-state index contributed by atoms with van der Waals surface area (Å²) in [6, 6.07) is 0.832. The Bertz CT molecular complexity index is 305. The van der Waals surface area contributed by atoms with Gasteiger partial charge in [-0.15, -0.1) is 0 Å². The normalized spacial score (nSPS) is 11.3. The first-order valence-corrected chi connectivity index (χ1v) is 7.25. The van der Waals surface area contributed by atoms with E-state index in [0.717, 1.165) is 19.0 Å². The summed E-state index contributed by atoms with van der Waals surface area (Å²) < 4.78 is 20.2. The first-order valence-electron chi connectivity index (χ1n) is 5.32. The van der Waals surface area contributed by atoms with E-state index in [2.05, 4.69) is 17.1 Å². The molecular weight excluding hydrogens is 236 g/mol. The third-order valence-corrected chi connectivity index (χ3v) is 5.49. The lowest BCUT2D eigenvalue weighted by Gasteiger charge is -2.23. The van der Waals surface area contributed by atoms with Gasteiger partial charge in [-0.2, -0.15) is 0 Å². The summed E-state index contributed by atoms with van der Waals surface area (Å²) in [6.45, 7) is 0.950. The molecule has 1 aromatic heterocycles. The second kappa shape index (κ2) is 7.60. The third-order valence-electron chi connectivity index (χ3n) is 2.66. The lowest BCUT2D eigenvalue weighted by atomic mass is 10.5. The zero-order chi connectivity index (χ0) is 12.0. The predicted molar refractivity (Wildman–Crippen MR) is 68.2 cm³/mol. The molecule has 0 spiro atoms. The summed E-state index contributed by atoms with van der Waals surface area (Å²) in [5.41, 5.74) is 0. The van der Waals surface area contributed by atoms with Gasteiger partial charge in [0.15, 0.2) is 0 Å². The summed E-state index contributed by atoms with van der Waals surface area (Å²) >= 11 is 0. The molecule has 0 bridgehead atoms. The standard InChI is InChI=1S/C10H21N2O3Si.CH3/c1-11-7-8-12(10-11)6-5-9-16(13-2,14-3)15-4;/h7-8,10H,5-6,9H2,1-4H3;1H3/q+1;-1. The molecule has 1 aromatic rings. The van der Waals surface area contributed by atoms with Crippen LogP contribution in [0.1, 0.15) is 6.42 Å². The number of aromatic nitrogens is 2. The van der Waals surface area contributed by atoms with Gasteiger partial charge >= 0.3 is 8.80 Å². The third kappa shape index (κ3) is 4.59. The van der Waals surface area contributed by atoms with Gasteiger partial charge in [0.2, 0.25) is 6.33 Å². The van der Waals surface area contributed by atoms with Gasteiger partial charge in [0, 0.05) is 27.4 Å². The highest BCUT2D eigenvalue weighted by molar-refractivity contribution is 6.60. The largest absolute Gasteiger partial charge is 0.500 e. The van der Waals surface area contributed by atoms with Crippen molar-refractivity contribution in [1.29, 1.82) is 0 Å². The van der Waals surface area contributed by atoms with Gasteiger partial charge < -0.3 is 20.7 Å². The maximum Gasteiger partial charge on any atom is 0.500 e. The maximum absolute atomic E-state index is 5.36. The van der Waals surface area contributed by atoms with Crippen LogP contribution in [0.25, 0.3) is 0 Å². The number of aryl methyl sites for hydroxylation is 2. The zero-order valence-electron chi connectivity index (χ0n) is 11.5. The zero-order valence-corrected chi connectivity index (χ0v) is 12.5. The van der Waals surface area contributed by atoms with E-state index < -0.39 is 8.80 Å². The van der Waals surface area contributed by atoms with Gasteiger partial charge in [0.1, 0.15) is 12.4 Å². The van der Waals surface area contributed by atoms with Crippen LogP contribution in [0.2, 0.25) is 6.04 Å². The molecule has 0 amide bonds. The summed E-state index contributed by atoms with van der Waals surface area (Å²) in [5.74, 6) is 0. The quantitative estimate of drug-likeness (QED) is 0.417. The molecule has 17 heavy (non-hydrogen) atoms. The van der Waals surface area contributed by atoms with Crippen molar-refractivity contribution in [3.05, 3.63) is 26.1 Å². The van der Waals surface area contributed by atoms with Gasteiger partial charge in [-0.1, -0.05) is 0 Å². The summed E-state index contributed by atoms with van der Waals surface area (Å²) in [5, 5.41) is 0. The number of nitrogens with zero attached hydrogens (tertiary/aromatic N) is 2. The molecule has 0 aliphatic rings. The van der Waals surface area contributed by atoms with Crippen LogP contribution in [-0.4, -0.2) is 34.7 Å². The molecule has 0 aliphatic carbocycles. The molecule has 5 nitrogen and oxygen atoms in total. The average Bonchev–Trinajstić information content (AvgIpc) is 2.71. The smallest absolute Gasteiger partial charge is 0.377 e. The van der Waals surface area contributed by atoms with Crippen LogP contribution < -0.4 is 4.57 Å². The van der Waals surface area contributed by atoms with Gasteiger partial charge in [-0.3, -0.25) is 0 Å². The molecule has 0 fully saturated rings. The minimum absolute atomic E-state index is 0.